The molecule has 0 bridgehead atoms. The number of nitrogens with zero attached hydrogens (tertiary/aromatic N) is 3. The Morgan fingerprint density at radius 1 is 1.26 bits per heavy atom. The predicted octanol–water partition coefficient (Wildman–Crippen LogP) is 2.98. The summed E-state index contributed by atoms with van der Waals surface area (Å²) >= 11 is 1.50. The lowest BCUT2D eigenvalue weighted by molar-refractivity contribution is 0.183. The van der Waals surface area contributed by atoms with E-state index in [2.05, 4.69) is 23.3 Å². The molecule has 1 aliphatic carbocycles. The Bertz CT molecular complexity index is 853. The van der Waals surface area contributed by atoms with Crippen LogP contribution in [0.2, 0.25) is 0 Å². The normalized spacial score (nSPS) is 14.3. The third kappa shape index (κ3) is 2.56. The second kappa shape index (κ2) is 6.03. The van der Waals surface area contributed by atoms with Crippen LogP contribution in [-0.2, 0) is 30.8 Å². The number of imidazole rings is 1. The molecule has 1 N–H and O–H groups in total. The summed E-state index contributed by atoms with van der Waals surface area (Å²) in [6.45, 7) is 0.386. The van der Waals surface area contributed by atoms with Crippen molar-refractivity contribution in [3.05, 3.63) is 40.0 Å². The van der Waals surface area contributed by atoms with Crippen molar-refractivity contribution in [1.29, 1.82) is 0 Å². The number of methoxy groups -OCH3 is 1. The second-order valence-corrected chi connectivity index (χ2v) is 6.92. The quantitative estimate of drug-likeness (QED) is 0.799. The zero-order chi connectivity index (χ0) is 15.8. The fraction of sp³-hybridized carbons (Fsp3) is 0.412. The van der Waals surface area contributed by atoms with E-state index in [1.54, 1.807) is 11.6 Å². The Kier molecular flexibility index (Phi) is 3.88. The summed E-state index contributed by atoms with van der Waals surface area (Å²) in [7, 11) is 1.65. The first-order chi connectivity index (χ1) is 11.3. The predicted molar refractivity (Wildman–Crippen MR) is 89.6 cm³/mol. The molecule has 0 fully saturated rings. The Morgan fingerprint density at radius 3 is 2.87 bits per heavy atom. The molecule has 0 spiro atoms. The van der Waals surface area contributed by atoms with Gasteiger partial charge in [-0.2, -0.15) is 5.10 Å². The fourth-order valence-corrected chi connectivity index (χ4v) is 4.15. The molecule has 0 unspecified atom stereocenters. The summed E-state index contributed by atoms with van der Waals surface area (Å²) in [4.78, 5) is 5.51. The third-order valence-corrected chi connectivity index (χ3v) is 5.26. The zero-order valence-corrected chi connectivity index (χ0v) is 13.9. The maximum atomic E-state index is 9.82. The van der Waals surface area contributed by atoms with Crippen molar-refractivity contribution >= 4 is 16.3 Å². The molecule has 0 aliphatic heterocycles. The third-order valence-electron chi connectivity index (χ3n) is 4.38. The van der Waals surface area contributed by atoms with Crippen molar-refractivity contribution in [3.8, 4) is 11.3 Å². The number of aromatic nitrogens is 3. The molecule has 0 saturated heterocycles. The summed E-state index contributed by atoms with van der Waals surface area (Å²) in [5.41, 5.74) is 5.52. The first kappa shape index (κ1) is 14.8. The standard InChI is InChI=1S/C17H19N3O2S/c1-22-10-15-19-20-14(9-21)16(18-17(20)23-15)13-7-6-11-4-2-3-5-12(11)8-13/h6-8,21H,2-5,9-10H2,1H3. The highest BCUT2D eigenvalue weighted by molar-refractivity contribution is 7.16. The molecule has 2 aromatic heterocycles. The lowest BCUT2D eigenvalue weighted by Crippen LogP contribution is -2.03. The number of aryl methyl sites for hydroxylation is 2. The van der Waals surface area contributed by atoms with E-state index in [9.17, 15) is 5.11 Å². The summed E-state index contributed by atoms with van der Waals surface area (Å²) in [6, 6.07) is 6.56. The van der Waals surface area contributed by atoms with Gasteiger partial charge >= 0.3 is 0 Å². The zero-order valence-electron chi connectivity index (χ0n) is 13.1. The molecule has 0 saturated carbocycles. The van der Waals surface area contributed by atoms with Gasteiger partial charge in [0.2, 0.25) is 4.96 Å². The average molecular weight is 329 g/mol. The largest absolute Gasteiger partial charge is 0.390 e. The highest BCUT2D eigenvalue weighted by atomic mass is 32.1. The summed E-state index contributed by atoms with van der Waals surface area (Å²) in [6.07, 6.45) is 4.84. The van der Waals surface area contributed by atoms with Crippen LogP contribution in [0.25, 0.3) is 16.2 Å². The van der Waals surface area contributed by atoms with Crippen LogP contribution < -0.4 is 0 Å². The number of aliphatic hydroxyl groups excluding tert-OH is 1. The van der Waals surface area contributed by atoms with Gasteiger partial charge in [-0.3, -0.25) is 0 Å². The molecule has 23 heavy (non-hydrogen) atoms. The van der Waals surface area contributed by atoms with Crippen molar-refractivity contribution in [2.24, 2.45) is 0 Å². The molecule has 1 aromatic carbocycles. The number of fused-ring (bicyclic) bond motifs is 2. The second-order valence-electron chi connectivity index (χ2n) is 5.88. The Hall–Kier alpha value is -1.76. The van der Waals surface area contributed by atoms with Gasteiger partial charge in [0.25, 0.3) is 0 Å². The van der Waals surface area contributed by atoms with Crippen molar-refractivity contribution in [3.63, 3.8) is 0 Å². The van der Waals surface area contributed by atoms with Crippen LogP contribution in [0.4, 0.5) is 0 Å². The minimum Gasteiger partial charge on any atom is -0.390 e. The van der Waals surface area contributed by atoms with Crippen molar-refractivity contribution in [2.75, 3.05) is 7.11 Å². The van der Waals surface area contributed by atoms with E-state index in [1.807, 2.05) is 0 Å². The van der Waals surface area contributed by atoms with Crippen molar-refractivity contribution in [2.45, 2.75) is 38.9 Å². The highest BCUT2D eigenvalue weighted by Gasteiger charge is 2.19. The number of ether oxygens (including phenoxy) is 1. The van der Waals surface area contributed by atoms with E-state index in [4.69, 9.17) is 9.72 Å². The number of hydrogen-bond donors (Lipinski definition) is 1. The van der Waals surface area contributed by atoms with E-state index < -0.39 is 0 Å². The lowest BCUT2D eigenvalue weighted by Gasteiger charge is -2.16. The Balaban J connectivity index is 1.80. The average Bonchev–Trinajstić information content (AvgIpc) is 3.11. The van der Waals surface area contributed by atoms with Gasteiger partial charge in [0.15, 0.2) is 0 Å². The smallest absolute Gasteiger partial charge is 0.213 e. The van der Waals surface area contributed by atoms with Gasteiger partial charge in [-0.05, 0) is 42.9 Å². The number of rotatable bonds is 4. The van der Waals surface area contributed by atoms with E-state index in [0.717, 1.165) is 33.3 Å². The maximum absolute atomic E-state index is 9.82. The van der Waals surface area contributed by atoms with Gasteiger partial charge in [-0.25, -0.2) is 9.50 Å². The van der Waals surface area contributed by atoms with E-state index in [0.29, 0.717) is 6.61 Å². The van der Waals surface area contributed by atoms with E-state index >= 15 is 0 Å². The molecule has 0 atom stereocenters. The monoisotopic (exact) mass is 329 g/mol. The summed E-state index contributed by atoms with van der Waals surface area (Å²) in [5.74, 6) is 0. The molecular weight excluding hydrogens is 310 g/mol. The molecule has 0 radical (unpaired) electrons. The van der Waals surface area contributed by atoms with Crippen LogP contribution in [0.5, 0.6) is 0 Å². The summed E-state index contributed by atoms with van der Waals surface area (Å²) < 4.78 is 6.87. The van der Waals surface area contributed by atoms with Gasteiger partial charge < -0.3 is 9.84 Å². The Morgan fingerprint density at radius 2 is 2.09 bits per heavy atom. The molecule has 4 rings (SSSR count). The molecule has 2 heterocycles. The minimum absolute atomic E-state index is 0.0796. The number of hydrogen-bond acceptors (Lipinski definition) is 5. The van der Waals surface area contributed by atoms with Gasteiger partial charge in [0, 0.05) is 12.7 Å². The van der Waals surface area contributed by atoms with Crippen LogP contribution in [0.3, 0.4) is 0 Å². The van der Waals surface area contributed by atoms with Gasteiger partial charge in [-0.1, -0.05) is 23.5 Å². The number of benzene rings is 1. The van der Waals surface area contributed by atoms with Crippen molar-refractivity contribution in [1.82, 2.24) is 14.6 Å². The van der Waals surface area contributed by atoms with Crippen LogP contribution in [0, 0.1) is 0 Å². The van der Waals surface area contributed by atoms with Crippen LogP contribution in [0.1, 0.15) is 34.7 Å². The topological polar surface area (TPSA) is 59.7 Å². The van der Waals surface area contributed by atoms with Crippen LogP contribution in [-0.4, -0.2) is 26.8 Å². The minimum atomic E-state index is -0.0796. The van der Waals surface area contributed by atoms with Crippen molar-refractivity contribution < 1.29 is 9.84 Å². The molecule has 120 valence electrons. The lowest BCUT2D eigenvalue weighted by atomic mass is 9.90. The maximum Gasteiger partial charge on any atom is 0.213 e. The highest BCUT2D eigenvalue weighted by Crippen LogP contribution is 2.31. The van der Waals surface area contributed by atoms with Crippen LogP contribution >= 0.6 is 11.3 Å². The molecule has 1 aliphatic rings. The van der Waals surface area contributed by atoms with Gasteiger partial charge in [0.05, 0.1) is 24.6 Å². The van der Waals surface area contributed by atoms with E-state index in [1.165, 1.54) is 41.7 Å². The fourth-order valence-electron chi connectivity index (χ4n) is 3.27. The SMILES string of the molecule is COCc1nn2c(CO)c(-c3ccc4c(c3)CCCC4)nc2s1. The number of aliphatic hydroxyl groups is 1. The van der Waals surface area contributed by atoms with E-state index in [-0.39, 0.29) is 6.61 Å². The van der Waals surface area contributed by atoms with Crippen LogP contribution in [0.15, 0.2) is 18.2 Å². The first-order valence-electron chi connectivity index (χ1n) is 7.89. The molecule has 5 nitrogen and oxygen atoms in total. The van der Waals surface area contributed by atoms with Gasteiger partial charge in [-0.15, -0.1) is 0 Å². The molecule has 6 heteroatoms. The molecule has 0 amide bonds. The molecular formula is C17H19N3O2S. The Labute approximate surface area is 138 Å². The summed E-state index contributed by atoms with van der Waals surface area (Å²) in [5, 5.41) is 15.2. The van der Waals surface area contributed by atoms with Gasteiger partial charge in [0.1, 0.15) is 5.01 Å². The molecule has 3 aromatic rings. The first-order valence-corrected chi connectivity index (χ1v) is 8.71.